The lowest BCUT2D eigenvalue weighted by molar-refractivity contribution is -0.209. The highest BCUT2D eigenvalue weighted by atomic mass is 19.4. The van der Waals surface area contributed by atoms with Crippen molar-refractivity contribution in [3.63, 3.8) is 0 Å². The zero-order valence-corrected chi connectivity index (χ0v) is 14.9. The van der Waals surface area contributed by atoms with E-state index in [0.717, 1.165) is 0 Å². The van der Waals surface area contributed by atoms with Gasteiger partial charge in [-0.05, 0) is 12.3 Å². The molecule has 0 heterocycles. The molecular weight excluding hydrogens is 357 g/mol. The maximum Gasteiger partial charge on any atom is 0.490 e. The summed E-state index contributed by atoms with van der Waals surface area (Å²) in [6, 6.07) is -1.53. The van der Waals surface area contributed by atoms with Gasteiger partial charge < -0.3 is 20.9 Å². The molecule has 0 aromatic carbocycles. The molecule has 0 aliphatic heterocycles. The Bertz CT molecular complexity index is 536. The highest BCUT2D eigenvalue weighted by molar-refractivity contribution is 5.77. The highest BCUT2D eigenvalue weighted by Gasteiger charge is 2.54. The monoisotopic (exact) mass is 382 g/mol. The minimum atomic E-state index is -5.25. The summed E-state index contributed by atoms with van der Waals surface area (Å²) >= 11 is 0. The lowest BCUT2D eigenvalue weighted by atomic mass is 9.80. The van der Waals surface area contributed by atoms with E-state index in [0.29, 0.717) is 12.8 Å². The Balaban J connectivity index is 3.28. The molecule has 0 aromatic heterocycles. The second-order valence-electron chi connectivity index (χ2n) is 6.59. The summed E-state index contributed by atoms with van der Waals surface area (Å²) in [5.74, 6) is -6.74. The van der Waals surface area contributed by atoms with Gasteiger partial charge in [-0.2, -0.15) is 13.2 Å². The Morgan fingerprint density at radius 1 is 1.27 bits per heavy atom. The van der Waals surface area contributed by atoms with Crippen molar-refractivity contribution >= 4 is 17.8 Å². The lowest BCUT2D eigenvalue weighted by Crippen LogP contribution is -2.53. The van der Waals surface area contributed by atoms with E-state index in [1.807, 2.05) is 13.8 Å². The van der Waals surface area contributed by atoms with Crippen LogP contribution in [0.4, 0.5) is 13.2 Å². The molecule has 0 spiro atoms. The number of esters is 1. The van der Waals surface area contributed by atoms with Gasteiger partial charge in [-0.1, -0.05) is 26.7 Å². The summed E-state index contributed by atoms with van der Waals surface area (Å²) in [6.45, 7) is 4.94. The molecule has 5 unspecified atom stereocenters. The van der Waals surface area contributed by atoms with Crippen LogP contribution >= 0.6 is 0 Å². The van der Waals surface area contributed by atoms with Crippen molar-refractivity contribution < 1.29 is 37.4 Å². The number of nitrogens with two attached hydrogens (primary N) is 1. The molecule has 5 atom stereocenters. The number of ether oxygens (including phenoxy) is 1. The van der Waals surface area contributed by atoms with Crippen LogP contribution in [0.2, 0.25) is 0 Å². The van der Waals surface area contributed by atoms with Crippen LogP contribution in [-0.2, 0) is 19.1 Å². The van der Waals surface area contributed by atoms with Crippen LogP contribution in [0, 0.1) is 17.8 Å². The van der Waals surface area contributed by atoms with Crippen molar-refractivity contribution in [2.45, 2.75) is 64.4 Å². The Morgan fingerprint density at radius 2 is 1.81 bits per heavy atom. The van der Waals surface area contributed by atoms with Crippen molar-refractivity contribution in [2.75, 3.05) is 0 Å². The number of carboxylic acid groups (broad SMARTS) is 1. The first-order valence-electron chi connectivity index (χ1n) is 8.47. The number of aliphatic carboxylic acids is 1. The molecule has 26 heavy (non-hydrogen) atoms. The molecule has 1 rings (SSSR count). The first-order valence-corrected chi connectivity index (χ1v) is 8.47. The Hall–Kier alpha value is -1.84. The largest absolute Gasteiger partial charge is 0.490 e. The van der Waals surface area contributed by atoms with Gasteiger partial charge in [0.2, 0.25) is 5.91 Å². The van der Waals surface area contributed by atoms with Gasteiger partial charge in [0.05, 0.1) is 5.92 Å². The second kappa shape index (κ2) is 8.70. The summed E-state index contributed by atoms with van der Waals surface area (Å²) in [4.78, 5) is 34.4. The molecule has 0 bridgehead atoms. The number of carbonyl (C=O) groups excluding carboxylic acids is 2. The first-order chi connectivity index (χ1) is 11.9. The average Bonchev–Trinajstić information content (AvgIpc) is 2.82. The predicted molar refractivity (Wildman–Crippen MR) is 84.8 cm³/mol. The summed E-state index contributed by atoms with van der Waals surface area (Å²) in [6.07, 6.45) is -5.80. The zero-order valence-electron chi connectivity index (χ0n) is 14.9. The smallest absolute Gasteiger partial charge is 0.481 e. The molecule has 0 saturated heterocycles. The van der Waals surface area contributed by atoms with E-state index in [1.54, 1.807) is 0 Å². The first kappa shape index (κ1) is 22.2. The van der Waals surface area contributed by atoms with Crippen molar-refractivity contribution in [3.05, 3.63) is 0 Å². The number of amides is 1. The van der Waals surface area contributed by atoms with Crippen LogP contribution in [0.5, 0.6) is 0 Å². The van der Waals surface area contributed by atoms with Crippen LogP contribution in [-0.4, -0.2) is 47.3 Å². The average molecular weight is 382 g/mol. The van der Waals surface area contributed by atoms with E-state index in [9.17, 15) is 32.7 Å². The minimum absolute atomic E-state index is 0.147. The van der Waals surface area contributed by atoms with Gasteiger partial charge >= 0.3 is 18.1 Å². The topological polar surface area (TPSA) is 119 Å². The molecule has 4 N–H and O–H groups in total. The SMILES string of the molecule is CCC(CC)C(NC(C)=O)C1C(N)CC(C(=O)O)C1OC(=O)C(F)(F)F. The van der Waals surface area contributed by atoms with Gasteiger partial charge in [0, 0.05) is 24.9 Å². The van der Waals surface area contributed by atoms with Gasteiger partial charge in [0.15, 0.2) is 0 Å². The van der Waals surface area contributed by atoms with Crippen LogP contribution in [0.25, 0.3) is 0 Å². The fourth-order valence-corrected chi connectivity index (χ4v) is 3.72. The van der Waals surface area contributed by atoms with E-state index in [-0.39, 0.29) is 12.3 Å². The van der Waals surface area contributed by atoms with Crippen LogP contribution < -0.4 is 11.1 Å². The number of hydrogen-bond donors (Lipinski definition) is 3. The number of halogens is 3. The molecule has 150 valence electrons. The maximum atomic E-state index is 12.6. The molecule has 1 fully saturated rings. The lowest BCUT2D eigenvalue weighted by Gasteiger charge is -2.36. The fourth-order valence-electron chi connectivity index (χ4n) is 3.72. The Morgan fingerprint density at radius 3 is 2.19 bits per heavy atom. The van der Waals surface area contributed by atoms with Gasteiger partial charge in [0.1, 0.15) is 6.10 Å². The normalized spacial score (nSPS) is 27.2. The Labute approximate surface area is 149 Å². The summed E-state index contributed by atoms with van der Waals surface area (Å²) in [7, 11) is 0. The maximum absolute atomic E-state index is 12.6. The third-order valence-corrected chi connectivity index (χ3v) is 4.93. The molecule has 1 aliphatic rings. The number of rotatable bonds is 7. The molecule has 0 aromatic rings. The number of carbonyl (C=O) groups is 3. The van der Waals surface area contributed by atoms with Gasteiger partial charge in [-0.25, -0.2) is 4.79 Å². The standard InChI is InChI=1S/C16H25F3N2O5/c1-4-8(5-2)12(21-7(3)22)11-10(20)6-9(14(23)24)13(11)26-15(25)16(17,18)19/h8-13H,4-6,20H2,1-3H3,(H,21,22)(H,23,24). The molecule has 1 saturated carbocycles. The number of hydrogen-bond acceptors (Lipinski definition) is 5. The van der Waals surface area contributed by atoms with Crippen molar-refractivity contribution in [1.29, 1.82) is 0 Å². The predicted octanol–water partition coefficient (Wildman–Crippen LogP) is 1.45. The van der Waals surface area contributed by atoms with E-state index >= 15 is 0 Å². The molecule has 0 radical (unpaired) electrons. The van der Waals surface area contributed by atoms with Gasteiger partial charge in [-0.15, -0.1) is 0 Å². The molecule has 1 aliphatic carbocycles. The van der Waals surface area contributed by atoms with Crippen molar-refractivity contribution in [2.24, 2.45) is 23.5 Å². The molecule has 7 nitrogen and oxygen atoms in total. The number of carboxylic acids is 1. The quantitative estimate of drug-likeness (QED) is 0.574. The third kappa shape index (κ3) is 5.09. The van der Waals surface area contributed by atoms with Gasteiger partial charge in [-0.3, -0.25) is 9.59 Å². The van der Waals surface area contributed by atoms with Crippen LogP contribution in [0.15, 0.2) is 0 Å². The summed E-state index contributed by atoms with van der Waals surface area (Å²) < 4.78 is 42.5. The summed E-state index contributed by atoms with van der Waals surface area (Å²) in [5, 5.41) is 12.0. The van der Waals surface area contributed by atoms with E-state index in [2.05, 4.69) is 10.1 Å². The second-order valence-corrected chi connectivity index (χ2v) is 6.59. The number of alkyl halides is 3. The Kier molecular flexibility index (Phi) is 7.43. The van der Waals surface area contributed by atoms with Crippen LogP contribution in [0.3, 0.4) is 0 Å². The van der Waals surface area contributed by atoms with Crippen molar-refractivity contribution in [1.82, 2.24) is 5.32 Å². The highest BCUT2D eigenvalue weighted by Crippen LogP contribution is 2.39. The molecule has 10 heteroatoms. The molecular formula is C16H25F3N2O5. The van der Waals surface area contributed by atoms with Gasteiger partial charge in [0.25, 0.3) is 0 Å². The van der Waals surface area contributed by atoms with E-state index in [4.69, 9.17) is 5.73 Å². The zero-order chi connectivity index (χ0) is 20.2. The van der Waals surface area contributed by atoms with E-state index < -0.39 is 54.0 Å². The molecule has 1 amide bonds. The van der Waals surface area contributed by atoms with Crippen LogP contribution in [0.1, 0.15) is 40.0 Å². The van der Waals surface area contributed by atoms with Crippen molar-refractivity contribution in [3.8, 4) is 0 Å². The van der Waals surface area contributed by atoms with E-state index in [1.165, 1.54) is 6.92 Å². The fraction of sp³-hybridized carbons (Fsp3) is 0.812. The third-order valence-electron chi connectivity index (χ3n) is 4.93. The number of nitrogens with one attached hydrogen (secondary N) is 1. The summed E-state index contributed by atoms with van der Waals surface area (Å²) in [5.41, 5.74) is 6.02. The minimum Gasteiger partial charge on any atom is -0.481 e.